The maximum atomic E-state index is 9.00. The van der Waals surface area contributed by atoms with Gasteiger partial charge in [0.1, 0.15) is 0 Å². The Morgan fingerprint density at radius 2 is 2.23 bits per heavy atom. The van der Waals surface area contributed by atoms with E-state index in [0.717, 1.165) is 12.8 Å². The van der Waals surface area contributed by atoms with E-state index in [1.54, 1.807) is 0 Å². The van der Waals surface area contributed by atoms with Gasteiger partial charge in [-0.1, -0.05) is 30.7 Å². The molecule has 1 atom stereocenters. The van der Waals surface area contributed by atoms with Gasteiger partial charge in [0.25, 0.3) is 0 Å². The van der Waals surface area contributed by atoms with E-state index in [9.17, 15) is 0 Å². The van der Waals surface area contributed by atoms with Crippen molar-refractivity contribution in [3.63, 3.8) is 0 Å². The van der Waals surface area contributed by atoms with Gasteiger partial charge in [-0.2, -0.15) is 0 Å². The van der Waals surface area contributed by atoms with Crippen molar-refractivity contribution in [2.75, 3.05) is 13.7 Å². The largest absolute Gasteiger partial charge is 0.395 e. The molecule has 0 aromatic carbocycles. The number of likely N-dealkylation sites (N-methyl/N-ethyl adjacent to an activating group) is 1. The van der Waals surface area contributed by atoms with Crippen LogP contribution >= 0.6 is 0 Å². The Kier molecular flexibility index (Phi) is 7.65. The SMILES string of the molecule is C/C=C\C(=C/CC)CC(CO)NC. The van der Waals surface area contributed by atoms with Crippen LogP contribution < -0.4 is 5.32 Å². The van der Waals surface area contributed by atoms with Gasteiger partial charge in [0, 0.05) is 6.04 Å². The number of allylic oxidation sites excluding steroid dienone is 3. The first-order chi connectivity index (χ1) is 6.28. The second-order valence-corrected chi connectivity index (χ2v) is 3.06. The van der Waals surface area contributed by atoms with E-state index in [4.69, 9.17) is 5.11 Å². The number of aliphatic hydroxyl groups is 1. The molecule has 0 fully saturated rings. The van der Waals surface area contributed by atoms with Crippen molar-refractivity contribution >= 4 is 0 Å². The van der Waals surface area contributed by atoms with Crippen molar-refractivity contribution in [1.82, 2.24) is 5.32 Å². The van der Waals surface area contributed by atoms with Gasteiger partial charge in [-0.3, -0.25) is 0 Å². The maximum absolute atomic E-state index is 9.00. The summed E-state index contributed by atoms with van der Waals surface area (Å²) in [5.74, 6) is 0. The first-order valence-electron chi connectivity index (χ1n) is 4.88. The molecule has 1 unspecified atom stereocenters. The van der Waals surface area contributed by atoms with Crippen molar-refractivity contribution in [2.24, 2.45) is 0 Å². The van der Waals surface area contributed by atoms with Gasteiger partial charge in [-0.25, -0.2) is 0 Å². The number of nitrogens with one attached hydrogen (secondary N) is 1. The van der Waals surface area contributed by atoms with Crippen LogP contribution in [0.25, 0.3) is 0 Å². The zero-order chi connectivity index (χ0) is 10.1. The van der Waals surface area contributed by atoms with Crippen LogP contribution in [0.1, 0.15) is 26.7 Å². The van der Waals surface area contributed by atoms with E-state index >= 15 is 0 Å². The second kappa shape index (κ2) is 8.02. The normalized spacial score (nSPS) is 15.2. The molecule has 76 valence electrons. The summed E-state index contributed by atoms with van der Waals surface area (Å²) in [5, 5.41) is 12.1. The van der Waals surface area contributed by atoms with Crippen molar-refractivity contribution in [1.29, 1.82) is 0 Å². The Balaban J connectivity index is 4.15. The summed E-state index contributed by atoms with van der Waals surface area (Å²) in [6.45, 7) is 4.32. The van der Waals surface area contributed by atoms with E-state index in [2.05, 4.69) is 24.4 Å². The molecular formula is C11H21NO. The predicted molar refractivity (Wildman–Crippen MR) is 57.7 cm³/mol. The molecule has 0 bridgehead atoms. The van der Waals surface area contributed by atoms with Crippen LogP contribution in [0, 0.1) is 0 Å². The molecule has 0 aromatic rings. The highest BCUT2D eigenvalue weighted by Crippen LogP contribution is 2.08. The number of rotatable bonds is 6. The van der Waals surface area contributed by atoms with Crippen LogP contribution in [0.4, 0.5) is 0 Å². The van der Waals surface area contributed by atoms with Crippen LogP contribution in [0.15, 0.2) is 23.8 Å². The first kappa shape index (κ1) is 12.4. The van der Waals surface area contributed by atoms with E-state index in [-0.39, 0.29) is 12.6 Å². The Hall–Kier alpha value is -0.600. The molecule has 0 aliphatic heterocycles. The fourth-order valence-electron chi connectivity index (χ4n) is 1.24. The Bertz CT molecular complexity index is 169. The molecule has 0 spiro atoms. The zero-order valence-electron chi connectivity index (χ0n) is 8.88. The monoisotopic (exact) mass is 183 g/mol. The third-order valence-corrected chi connectivity index (χ3v) is 1.96. The smallest absolute Gasteiger partial charge is 0.0587 e. The lowest BCUT2D eigenvalue weighted by Crippen LogP contribution is -2.29. The van der Waals surface area contributed by atoms with E-state index < -0.39 is 0 Å². The van der Waals surface area contributed by atoms with E-state index in [1.807, 2.05) is 20.0 Å². The minimum Gasteiger partial charge on any atom is -0.395 e. The van der Waals surface area contributed by atoms with Crippen molar-refractivity contribution in [3.05, 3.63) is 23.8 Å². The second-order valence-electron chi connectivity index (χ2n) is 3.06. The minimum absolute atomic E-state index is 0.175. The van der Waals surface area contributed by atoms with Gasteiger partial charge in [0.15, 0.2) is 0 Å². The van der Waals surface area contributed by atoms with Gasteiger partial charge in [-0.05, 0) is 26.8 Å². The summed E-state index contributed by atoms with van der Waals surface area (Å²) < 4.78 is 0. The molecule has 0 saturated heterocycles. The summed E-state index contributed by atoms with van der Waals surface area (Å²) in [7, 11) is 1.88. The third kappa shape index (κ3) is 5.61. The molecule has 0 heterocycles. The number of hydrogen-bond donors (Lipinski definition) is 2. The summed E-state index contributed by atoms with van der Waals surface area (Å²) in [6.07, 6.45) is 8.27. The summed E-state index contributed by atoms with van der Waals surface area (Å²) >= 11 is 0. The molecule has 0 radical (unpaired) electrons. The lowest BCUT2D eigenvalue weighted by Gasteiger charge is -2.13. The molecule has 0 amide bonds. The maximum Gasteiger partial charge on any atom is 0.0587 e. The van der Waals surface area contributed by atoms with Gasteiger partial charge in [0.2, 0.25) is 0 Å². The number of hydrogen-bond acceptors (Lipinski definition) is 2. The molecule has 0 saturated carbocycles. The molecule has 13 heavy (non-hydrogen) atoms. The Morgan fingerprint density at radius 1 is 1.54 bits per heavy atom. The van der Waals surface area contributed by atoms with Crippen molar-refractivity contribution in [3.8, 4) is 0 Å². The van der Waals surface area contributed by atoms with Crippen LogP contribution in [0.3, 0.4) is 0 Å². The van der Waals surface area contributed by atoms with Crippen molar-refractivity contribution < 1.29 is 5.11 Å². The highest BCUT2D eigenvalue weighted by atomic mass is 16.3. The average molecular weight is 183 g/mol. The molecular weight excluding hydrogens is 162 g/mol. The van der Waals surface area contributed by atoms with Gasteiger partial charge < -0.3 is 10.4 Å². The van der Waals surface area contributed by atoms with E-state index in [1.165, 1.54) is 5.57 Å². The standard InChI is InChI=1S/C11H21NO/c1-4-6-10(7-5-2)8-11(9-13)12-3/h4,6-7,11-13H,5,8-9H2,1-3H3/b6-4-,10-7+. The topological polar surface area (TPSA) is 32.3 Å². The van der Waals surface area contributed by atoms with Crippen LogP contribution in [0.5, 0.6) is 0 Å². The molecule has 2 heteroatoms. The minimum atomic E-state index is 0.175. The van der Waals surface area contributed by atoms with Crippen LogP contribution in [-0.4, -0.2) is 24.8 Å². The van der Waals surface area contributed by atoms with Gasteiger partial charge in [-0.15, -0.1) is 0 Å². The summed E-state index contributed by atoms with van der Waals surface area (Å²) in [4.78, 5) is 0. The predicted octanol–water partition coefficient (Wildman–Crippen LogP) is 1.87. The Morgan fingerprint density at radius 3 is 2.62 bits per heavy atom. The lowest BCUT2D eigenvalue weighted by molar-refractivity contribution is 0.248. The highest BCUT2D eigenvalue weighted by molar-refractivity contribution is 5.19. The molecule has 2 N–H and O–H groups in total. The fourth-order valence-corrected chi connectivity index (χ4v) is 1.24. The van der Waals surface area contributed by atoms with E-state index in [0.29, 0.717) is 0 Å². The fraction of sp³-hybridized carbons (Fsp3) is 0.636. The molecule has 0 aliphatic carbocycles. The van der Waals surface area contributed by atoms with Gasteiger partial charge >= 0.3 is 0 Å². The number of aliphatic hydroxyl groups excluding tert-OH is 1. The molecule has 0 aliphatic rings. The first-order valence-corrected chi connectivity index (χ1v) is 4.88. The summed E-state index contributed by atoms with van der Waals surface area (Å²) in [6, 6.07) is 0.175. The van der Waals surface area contributed by atoms with Crippen LogP contribution in [-0.2, 0) is 0 Å². The van der Waals surface area contributed by atoms with Gasteiger partial charge in [0.05, 0.1) is 6.61 Å². The zero-order valence-corrected chi connectivity index (χ0v) is 8.88. The highest BCUT2D eigenvalue weighted by Gasteiger charge is 2.04. The Labute approximate surface area is 81.4 Å². The molecule has 0 rings (SSSR count). The average Bonchev–Trinajstić information content (AvgIpc) is 2.14. The molecule has 2 nitrogen and oxygen atoms in total. The molecule has 0 aromatic heterocycles. The lowest BCUT2D eigenvalue weighted by atomic mass is 10.1. The quantitative estimate of drug-likeness (QED) is 0.616. The van der Waals surface area contributed by atoms with Crippen LogP contribution in [0.2, 0.25) is 0 Å². The summed E-state index contributed by atoms with van der Waals surface area (Å²) in [5.41, 5.74) is 1.29. The third-order valence-electron chi connectivity index (χ3n) is 1.96. The van der Waals surface area contributed by atoms with Crippen molar-refractivity contribution in [2.45, 2.75) is 32.7 Å².